The summed E-state index contributed by atoms with van der Waals surface area (Å²) >= 11 is 0. The molecule has 1 saturated heterocycles. The molecule has 0 bridgehead atoms. The predicted octanol–water partition coefficient (Wildman–Crippen LogP) is 6.28. The van der Waals surface area contributed by atoms with Crippen molar-refractivity contribution in [2.24, 2.45) is 5.92 Å². The standard InChI is InChI=1S/C32H41NO2/c1-23-6-12-27(13-7-23)32(35,28-14-8-24(2)9-15-28)29-18-20-33(21-19-29)22-30(34)25-10-16-26(17-11-25)31(3,4)5/h6-17,29-30,34-35H,18-22H2,1-5H3. The molecule has 1 unspecified atom stereocenters. The first-order chi connectivity index (χ1) is 16.6. The highest BCUT2D eigenvalue weighted by Crippen LogP contribution is 2.42. The van der Waals surface area contributed by atoms with Gasteiger partial charge in [0, 0.05) is 6.54 Å². The predicted molar refractivity (Wildman–Crippen MR) is 145 cm³/mol. The summed E-state index contributed by atoms with van der Waals surface area (Å²) in [6, 6.07) is 25.0. The third-order valence-electron chi connectivity index (χ3n) is 7.75. The van der Waals surface area contributed by atoms with Crippen molar-refractivity contribution >= 4 is 0 Å². The number of hydrogen-bond donors (Lipinski definition) is 2. The number of aliphatic hydroxyl groups excluding tert-OH is 1. The number of likely N-dealkylation sites (tertiary alicyclic amines) is 1. The van der Waals surface area contributed by atoms with Crippen molar-refractivity contribution in [1.82, 2.24) is 4.90 Å². The molecule has 1 atom stereocenters. The van der Waals surface area contributed by atoms with Gasteiger partial charge in [-0.15, -0.1) is 0 Å². The molecule has 0 radical (unpaired) electrons. The van der Waals surface area contributed by atoms with Crippen LogP contribution in [0.1, 0.15) is 73.1 Å². The van der Waals surface area contributed by atoms with Gasteiger partial charge < -0.3 is 15.1 Å². The summed E-state index contributed by atoms with van der Waals surface area (Å²) in [5.41, 5.74) is 5.65. The summed E-state index contributed by atoms with van der Waals surface area (Å²) in [6.45, 7) is 13.1. The van der Waals surface area contributed by atoms with Crippen molar-refractivity contribution in [3.8, 4) is 0 Å². The zero-order valence-electron chi connectivity index (χ0n) is 22.0. The Hall–Kier alpha value is -2.46. The topological polar surface area (TPSA) is 43.7 Å². The Balaban J connectivity index is 1.47. The second-order valence-electron chi connectivity index (χ2n) is 11.5. The van der Waals surface area contributed by atoms with Crippen LogP contribution in [0.3, 0.4) is 0 Å². The first-order valence-electron chi connectivity index (χ1n) is 12.9. The van der Waals surface area contributed by atoms with Gasteiger partial charge in [0.1, 0.15) is 5.60 Å². The minimum atomic E-state index is -1.02. The lowest BCUT2D eigenvalue weighted by Gasteiger charge is -2.42. The molecular weight excluding hydrogens is 430 g/mol. The third kappa shape index (κ3) is 5.69. The summed E-state index contributed by atoms with van der Waals surface area (Å²) in [6.07, 6.45) is 1.26. The molecule has 0 aromatic heterocycles. The van der Waals surface area contributed by atoms with Crippen LogP contribution in [-0.4, -0.2) is 34.7 Å². The van der Waals surface area contributed by atoms with E-state index in [-0.39, 0.29) is 11.3 Å². The maximum Gasteiger partial charge on any atom is 0.117 e. The molecule has 0 aliphatic carbocycles. The lowest BCUT2D eigenvalue weighted by molar-refractivity contribution is -0.0198. The van der Waals surface area contributed by atoms with Crippen molar-refractivity contribution in [2.75, 3.05) is 19.6 Å². The zero-order chi connectivity index (χ0) is 25.2. The molecular formula is C32H41NO2. The number of rotatable bonds is 6. The minimum Gasteiger partial charge on any atom is -0.387 e. The Kier molecular flexibility index (Phi) is 7.51. The van der Waals surface area contributed by atoms with Gasteiger partial charge in [-0.2, -0.15) is 0 Å². The number of benzene rings is 3. The molecule has 2 N–H and O–H groups in total. The summed E-state index contributed by atoms with van der Waals surface area (Å²) in [4.78, 5) is 2.34. The molecule has 1 fully saturated rings. The Labute approximate surface area is 211 Å². The first kappa shape index (κ1) is 25.6. The molecule has 3 nitrogen and oxygen atoms in total. The molecule has 1 aliphatic heterocycles. The maximum absolute atomic E-state index is 12.2. The molecule has 3 heteroatoms. The van der Waals surface area contributed by atoms with E-state index in [4.69, 9.17) is 0 Å². The quantitative estimate of drug-likeness (QED) is 0.444. The number of aryl methyl sites for hydroxylation is 2. The molecule has 4 rings (SSSR count). The number of β-amino-alcohol motifs (C(OH)–C–C–N with tert-alkyl or cyclic N) is 1. The highest BCUT2D eigenvalue weighted by molar-refractivity contribution is 5.39. The van der Waals surface area contributed by atoms with Gasteiger partial charge in [0.2, 0.25) is 0 Å². The molecule has 0 spiro atoms. The fraction of sp³-hybridized carbons (Fsp3) is 0.438. The summed E-state index contributed by atoms with van der Waals surface area (Å²) in [7, 11) is 0. The Morgan fingerprint density at radius 1 is 0.743 bits per heavy atom. The molecule has 0 amide bonds. The van der Waals surface area contributed by atoms with Gasteiger partial charge in [-0.1, -0.05) is 105 Å². The second kappa shape index (κ2) is 10.3. The highest BCUT2D eigenvalue weighted by Gasteiger charge is 2.41. The molecule has 1 aliphatic rings. The van der Waals surface area contributed by atoms with Crippen LogP contribution >= 0.6 is 0 Å². The van der Waals surface area contributed by atoms with Crippen LogP contribution in [0, 0.1) is 19.8 Å². The normalized spacial score (nSPS) is 16.9. The first-order valence-corrected chi connectivity index (χ1v) is 12.9. The Morgan fingerprint density at radius 3 is 1.60 bits per heavy atom. The molecule has 1 heterocycles. The Morgan fingerprint density at radius 2 is 1.17 bits per heavy atom. The monoisotopic (exact) mass is 471 g/mol. The van der Waals surface area contributed by atoms with Crippen molar-refractivity contribution < 1.29 is 10.2 Å². The van der Waals surface area contributed by atoms with Crippen LogP contribution in [0.15, 0.2) is 72.8 Å². The van der Waals surface area contributed by atoms with E-state index in [1.165, 1.54) is 16.7 Å². The highest BCUT2D eigenvalue weighted by atomic mass is 16.3. The number of aliphatic hydroxyl groups is 2. The smallest absolute Gasteiger partial charge is 0.117 e. The van der Waals surface area contributed by atoms with E-state index in [1.54, 1.807) is 0 Å². The van der Waals surface area contributed by atoms with Crippen LogP contribution < -0.4 is 0 Å². The van der Waals surface area contributed by atoms with Gasteiger partial charge in [0.25, 0.3) is 0 Å². The molecule has 0 saturated carbocycles. The fourth-order valence-electron chi connectivity index (χ4n) is 5.34. The van der Waals surface area contributed by atoms with E-state index < -0.39 is 11.7 Å². The van der Waals surface area contributed by atoms with Gasteiger partial charge in [-0.3, -0.25) is 0 Å². The number of piperidine rings is 1. The summed E-state index contributed by atoms with van der Waals surface area (Å²) in [5.74, 6) is 0.118. The zero-order valence-corrected chi connectivity index (χ0v) is 22.0. The number of hydrogen-bond acceptors (Lipinski definition) is 3. The largest absolute Gasteiger partial charge is 0.387 e. The SMILES string of the molecule is Cc1ccc(C(O)(c2ccc(C)cc2)C2CCN(CC(O)c3ccc(C(C)(C)C)cc3)CC2)cc1. The lowest BCUT2D eigenvalue weighted by atomic mass is 9.72. The average molecular weight is 472 g/mol. The maximum atomic E-state index is 12.2. The van der Waals surface area contributed by atoms with Gasteiger partial charge in [-0.25, -0.2) is 0 Å². The van der Waals surface area contributed by atoms with Crippen molar-refractivity contribution in [1.29, 1.82) is 0 Å². The van der Waals surface area contributed by atoms with E-state index in [0.29, 0.717) is 6.54 Å². The minimum absolute atomic E-state index is 0.108. The van der Waals surface area contributed by atoms with Gasteiger partial charge in [0.15, 0.2) is 0 Å². The molecule has 35 heavy (non-hydrogen) atoms. The van der Waals surface area contributed by atoms with Crippen LogP contribution in [0.2, 0.25) is 0 Å². The van der Waals surface area contributed by atoms with E-state index in [9.17, 15) is 10.2 Å². The van der Waals surface area contributed by atoms with Gasteiger partial charge in [0.05, 0.1) is 6.10 Å². The van der Waals surface area contributed by atoms with E-state index in [1.807, 2.05) is 0 Å². The van der Waals surface area contributed by atoms with E-state index in [0.717, 1.165) is 42.6 Å². The summed E-state index contributed by atoms with van der Waals surface area (Å²) < 4.78 is 0. The second-order valence-corrected chi connectivity index (χ2v) is 11.5. The van der Waals surface area contributed by atoms with Crippen molar-refractivity contribution in [3.05, 3.63) is 106 Å². The summed E-state index contributed by atoms with van der Waals surface area (Å²) in [5, 5.41) is 23.1. The van der Waals surface area contributed by atoms with Crippen LogP contribution in [0.25, 0.3) is 0 Å². The molecule has 3 aromatic carbocycles. The van der Waals surface area contributed by atoms with Gasteiger partial charge >= 0.3 is 0 Å². The van der Waals surface area contributed by atoms with Crippen molar-refractivity contribution in [2.45, 2.75) is 64.6 Å². The van der Waals surface area contributed by atoms with Crippen LogP contribution in [-0.2, 0) is 11.0 Å². The average Bonchev–Trinajstić information content (AvgIpc) is 2.84. The third-order valence-corrected chi connectivity index (χ3v) is 7.75. The van der Waals surface area contributed by atoms with E-state index in [2.05, 4.69) is 112 Å². The molecule has 3 aromatic rings. The molecule has 186 valence electrons. The van der Waals surface area contributed by atoms with E-state index >= 15 is 0 Å². The van der Waals surface area contributed by atoms with Crippen LogP contribution in [0.5, 0.6) is 0 Å². The fourth-order valence-corrected chi connectivity index (χ4v) is 5.34. The number of nitrogens with zero attached hydrogens (tertiary/aromatic N) is 1. The van der Waals surface area contributed by atoms with Gasteiger partial charge in [-0.05, 0) is 73.4 Å². The Bertz CT molecular complexity index is 1040. The van der Waals surface area contributed by atoms with Crippen molar-refractivity contribution in [3.63, 3.8) is 0 Å². The lowest BCUT2D eigenvalue weighted by Crippen LogP contribution is -2.45. The van der Waals surface area contributed by atoms with Crippen LogP contribution in [0.4, 0.5) is 0 Å².